The number of aliphatic hydroxyl groups excluding tert-OH is 1. The van der Waals surface area contributed by atoms with Crippen LogP contribution in [0.15, 0.2) is 41.8 Å². The molecule has 0 amide bonds. The molecule has 0 aliphatic rings. The van der Waals surface area contributed by atoms with Gasteiger partial charge in [0.1, 0.15) is 18.5 Å². The molecule has 1 aromatic heterocycles. The summed E-state index contributed by atoms with van der Waals surface area (Å²) in [6.45, 7) is 2.90. The molecule has 2 unspecified atom stereocenters. The van der Waals surface area contributed by atoms with Crippen LogP contribution in [0.4, 0.5) is 0 Å². The molecule has 0 radical (unpaired) electrons. The Morgan fingerprint density at radius 1 is 1.29 bits per heavy atom. The van der Waals surface area contributed by atoms with Gasteiger partial charge in [0.25, 0.3) is 0 Å². The van der Waals surface area contributed by atoms with Gasteiger partial charge in [-0.25, -0.2) is 0 Å². The van der Waals surface area contributed by atoms with Crippen LogP contribution in [0.25, 0.3) is 0 Å². The Bertz CT molecular complexity index is 516. The molecule has 2 aromatic rings. The third kappa shape index (κ3) is 6.06. The molecule has 0 saturated heterocycles. The molecule has 0 spiro atoms. The minimum absolute atomic E-state index is 0.264. The minimum Gasteiger partial charge on any atom is -0.491 e. The van der Waals surface area contributed by atoms with Gasteiger partial charge in [-0.2, -0.15) is 0 Å². The number of ether oxygens (including phenoxy) is 1. The molecule has 21 heavy (non-hydrogen) atoms. The van der Waals surface area contributed by atoms with Crippen molar-refractivity contribution in [2.45, 2.75) is 25.5 Å². The topological polar surface area (TPSA) is 41.5 Å². The monoisotopic (exact) mass is 325 g/mol. The van der Waals surface area contributed by atoms with Gasteiger partial charge in [-0.3, -0.25) is 0 Å². The van der Waals surface area contributed by atoms with Crippen LogP contribution in [-0.4, -0.2) is 30.4 Å². The van der Waals surface area contributed by atoms with E-state index in [0.717, 1.165) is 6.42 Å². The van der Waals surface area contributed by atoms with E-state index in [9.17, 15) is 5.11 Å². The molecule has 114 valence electrons. The summed E-state index contributed by atoms with van der Waals surface area (Å²) in [5.74, 6) is 0.713. The van der Waals surface area contributed by atoms with Crippen LogP contribution in [0.1, 0.15) is 11.8 Å². The van der Waals surface area contributed by atoms with Gasteiger partial charge in [-0.1, -0.05) is 17.7 Å². The summed E-state index contributed by atoms with van der Waals surface area (Å²) in [5.41, 5.74) is 0. The van der Waals surface area contributed by atoms with Gasteiger partial charge in [-0.05, 0) is 49.1 Å². The Balaban J connectivity index is 1.65. The van der Waals surface area contributed by atoms with Crippen LogP contribution < -0.4 is 10.1 Å². The van der Waals surface area contributed by atoms with Crippen molar-refractivity contribution in [1.29, 1.82) is 0 Å². The lowest BCUT2D eigenvalue weighted by molar-refractivity contribution is 0.104. The van der Waals surface area contributed by atoms with E-state index in [0.29, 0.717) is 23.4 Å². The second-order valence-electron chi connectivity index (χ2n) is 5.01. The van der Waals surface area contributed by atoms with Crippen molar-refractivity contribution in [2.24, 2.45) is 0 Å². The van der Waals surface area contributed by atoms with Crippen LogP contribution in [0.2, 0.25) is 5.02 Å². The van der Waals surface area contributed by atoms with Crippen molar-refractivity contribution in [1.82, 2.24) is 5.32 Å². The second kappa shape index (κ2) is 8.39. The molecular formula is C16H20ClNO2S. The first kappa shape index (κ1) is 16.3. The summed E-state index contributed by atoms with van der Waals surface area (Å²) in [5, 5.41) is 16.0. The highest BCUT2D eigenvalue weighted by Crippen LogP contribution is 2.15. The van der Waals surface area contributed by atoms with Crippen molar-refractivity contribution in [3.63, 3.8) is 0 Å². The van der Waals surface area contributed by atoms with E-state index in [2.05, 4.69) is 29.8 Å². The summed E-state index contributed by atoms with van der Waals surface area (Å²) >= 11 is 7.56. The molecule has 2 N–H and O–H groups in total. The van der Waals surface area contributed by atoms with Crippen molar-refractivity contribution < 1.29 is 9.84 Å². The summed E-state index contributed by atoms with van der Waals surface area (Å²) in [7, 11) is 0. The summed E-state index contributed by atoms with van der Waals surface area (Å²) in [4.78, 5) is 1.35. The summed E-state index contributed by atoms with van der Waals surface area (Å²) < 4.78 is 5.51. The number of thiophene rings is 1. The van der Waals surface area contributed by atoms with Gasteiger partial charge in [-0.15, -0.1) is 11.3 Å². The van der Waals surface area contributed by atoms with Crippen molar-refractivity contribution in [3.8, 4) is 5.75 Å². The second-order valence-corrected chi connectivity index (χ2v) is 6.48. The van der Waals surface area contributed by atoms with Crippen molar-refractivity contribution in [3.05, 3.63) is 51.7 Å². The van der Waals surface area contributed by atoms with Crippen LogP contribution in [0.3, 0.4) is 0 Å². The Morgan fingerprint density at radius 2 is 2.05 bits per heavy atom. The number of hydrogen-bond donors (Lipinski definition) is 2. The standard InChI is InChI=1S/C16H20ClNO2S/c1-12(9-16-3-2-8-21-16)18-10-14(19)11-20-15-6-4-13(17)5-7-15/h2-8,12,14,18-19H,9-11H2,1H3. The summed E-state index contributed by atoms with van der Waals surface area (Å²) in [6.07, 6.45) is 0.439. The lowest BCUT2D eigenvalue weighted by Gasteiger charge is -2.17. The normalized spacial score (nSPS) is 13.9. The molecule has 1 heterocycles. The minimum atomic E-state index is -0.536. The molecule has 1 aromatic carbocycles. The number of nitrogens with one attached hydrogen (secondary N) is 1. The lowest BCUT2D eigenvalue weighted by Crippen LogP contribution is -2.37. The maximum atomic E-state index is 9.93. The molecule has 0 fully saturated rings. The first-order valence-electron chi connectivity index (χ1n) is 6.95. The van der Waals surface area contributed by atoms with E-state index in [1.807, 2.05) is 0 Å². The molecular weight excluding hydrogens is 306 g/mol. The fourth-order valence-corrected chi connectivity index (χ4v) is 2.88. The maximum absolute atomic E-state index is 9.93. The van der Waals surface area contributed by atoms with Gasteiger partial charge in [0, 0.05) is 22.5 Å². The highest BCUT2D eigenvalue weighted by atomic mass is 35.5. The lowest BCUT2D eigenvalue weighted by atomic mass is 10.2. The van der Waals surface area contributed by atoms with Crippen LogP contribution in [0.5, 0.6) is 5.75 Å². The largest absolute Gasteiger partial charge is 0.491 e. The smallest absolute Gasteiger partial charge is 0.119 e. The van der Waals surface area contributed by atoms with E-state index in [-0.39, 0.29) is 6.61 Å². The fraction of sp³-hybridized carbons (Fsp3) is 0.375. The molecule has 2 rings (SSSR count). The highest BCUT2D eigenvalue weighted by molar-refractivity contribution is 7.09. The Hall–Kier alpha value is -1.07. The van der Waals surface area contributed by atoms with Crippen LogP contribution >= 0.6 is 22.9 Å². The highest BCUT2D eigenvalue weighted by Gasteiger charge is 2.09. The summed E-state index contributed by atoms with van der Waals surface area (Å²) in [6, 6.07) is 11.6. The Morgan fingerprint density at radius 3 is 2.71 bits per heavy atom. The number of aliphatic hydroxyl groups is 1. The first-order chi connectivity index (χ1) is 10.1. The quantitative estimate of drug-likeness (QED) is 0.782. The molecule has 5 heteroatoms. The first-order valence-corrected chi connectivity index (χ1v) is 8.21. The van der Waals surface area contributed by atoms with Gasteiger partial charge >= 0.3 is 0 Å². The average molecular weight is 326 g/mol. The number of halogens is 1. The fourth-order valence-electron chi connectivity index (χ4n) is 1.92. The van der Waals surface area contributed by atoms with E-state index in [1.165, 1.54) is 4.88 Å². The Labute approximate surface area is 134 Å². The maximum Gasteiger partial charge on any atom is 0.119 e. The predicted molar refractivity (Wildman–Crippen MR) is 88.4 cm³/mol. The SMILES string of the molecule is CC(Cc1cccs1)NCC(O)COc1ccc(Cl)cc1. The van der Waals surface area contributed by atoms with Gasteiger partial charge < -0.3 is 15.2 Å². The van der Waals surface area contributed by atoms with E-state index in [4.69, 9.17) is 16.3 Å². The predicted octanol–water partition coefficient (Wildman–Crippen LogP) is 3.36. The van der Waals surface area contributed by atoms with Crippen molar-refractivity contribution in [2.75, 3.05) is 13.2 Å². The zero-order valence-electron chi connectivity index (χ0n) is 12.0. The van der Waals surface area contributed by atoms with Gasteiger partial charge in [0.2, 0.25) is 0 Å². The number of rotatable bonds is 8. The number of benzene rings is 1. The molecule has 0 saturated carbocycles. The average Bonchev–Trinajstić information content (AvgIpc) is 2.97. The zero-order chi connectivity index (χ0) is 15.1. The third-order valence-corrected chi connectivity index (χ3v) is 4.20. The number of hydrogen-bond acceptors (Lipinski definition) is 4. The molecule has 3 nitrogen and oxygen atoms in total. The van der Waals surface area contributed by atoms with E-state index in [1.54, 1.807) is 35.6 Å². The van der Waals surface area contributed by atoms with E-state index >= 15 is 0 Å². The van der Waals surface area contributed by atoms with E-state index < -0.39 is 6.10 Å². The van der Waals surface area contributed by atoms with Gasteiger partial charge in [0.05, 0.1) is 0 Å². The molecule has 0 bridgehead atoms. The third-order valence-electron chi connectivity index (χ3n) is 3.05. The van der Waals surface area contributed by atoms with Crippen LogP contribution in [0, 0.1) is 0 Å². The van der Waals surface area contributed by atoms with Gasteiger partial charge in [0.15, 0.2) is 0 Å². The van der Waals surface area contributed by atoms with Crippen molar-refractivity contribution >= 4 is 22.9 Å². The van der Waals surface area contributed by atoms with Crippen LogP contribution in [-0.2, 0) is 6.42 Å². The zero-order valence-corrected chi connectivity index (χ0v) is 13.5. The molecule has 2 atom stereocenters. The molecule has 0 aliphatic carbocycles. The Kier molecular flexibility index (Phi) is 6.51. The molecule has 0 aliphatic heterocycles.